The van der Waals surface area contributed by atoms with Gasteiger partial charge >= 0.3 is 6.03 Å². The fraction of sp³-hybridized carbons (Fsp3) is 0.550. The summed E-state index contributed by atoms with van der Waals surface area (Å²) in [4.78, 5) is 20.4. The SMILES string of the molecule is CC1CCC(Oc2cc(CNC(=O)N[C@@H](C)Cn3ccnc3)ccn2)CC1. The molecule has 0 bridgehead atoms. The summed E-state index contributed by atoms with van der Waals surface area (Å²) in [5.41, 5.74) is 0.974. The van der Waals surface area contributed by atoms with Crippen LogP contribution in [0.5, 0.6) is 5.88 Å². The van der Waals surface area contributed by atoms with Crippen LogP contribution in [0.3, 0.4) is 0 Å². The maximum absolute atomic E-state index is 12.1. The van der Waals surface area contributed by atoms with Crippen LogP contribution in [0.4, 0.5) is 4.79 Å². The third-order valence-electron chi connectivity index (χ3n) is 4.92. The Balaban J connectivity index is 1.43. The summed E-state index contributed by atoms with van der Waals surface area (Å²) in [6.07, 6.45) is 11.9. The van der Waals surface area contributed by atoms with Crippen LogP contribution in [0, 0.1) is 5.92 Å². The van der Waals surface area contributed by atoms with E-state index in [9.17, 15) is 4.79 Å². The smallest absolute Gasteiger partial charge is 0.315 e. The summed E-state index contributed by atoms with van der Waals surface area (Å²) in [6, 6.07) is 3.62. The zero-order chi connectivity index (χ0) is 19.1. The number of nitrogens with zero attached hydrogens (tertiary/aromatic N) is 3. The van der Waals surface area contributed by atoms with Crippen LogP contribution in [0.1, 0.15) is 45.1 Å². The first kappa shape index (κ1) is 19.2. The number of hydrogen-bond donors (Lipinski definition) is 2. The molecule has 0 spiro atoms. The van der Waals surface area contributed by atoms with E-state index >= 15 is 0 Å². The van der Waals surface area contributed by atoms with Crippen molar-refractivity contribution in [2.45, 2.75) is 64.8 Å². The number of amides is 2. The maximum atomic E-state index is 12.1. The van der Waals surface area contributed by atoms with Crippen molar-refractivity contribution in [3.8, 4) is 5.88 Å². The Kier molecular flexibility index (Phi) is 6.68. The lowest BCUT2D eigenvalue weighted by Gasteiger charge is -2.26. The Morgan fingerprint density at radius 2 is 2.15 bits per heavy atom. The van der Waals surface area contributed by atoms with Gasteiger partial charge in [0.15, 0.2) is 0 Å². The number of aromatic nitrogens is 3. The van der Waals surface area contributed by atoms with E-state index in [1.54, 1.807) is 18.7 Å². The molecule has 1 aliphatic rings. The summed E-state index contributed by atoms with van der Waals surface area (Å²) >= 11 is 0. The average molecular weight is 371 g/mol. The number of hydrogen-bond acceptors (Lipinski definition) is 4. The van der Waals surface area contributed by atoms with Crippen LogP contribution < -0.4 is 15.4 Å². The van der Waals surface area contributed by atoms with Crippen LogP contribution >= 0.6 is 0 Å². The van der Waals surface area contributed by atoms with Gasteiger partial charge in [0.25, 0.3) is 0 Å². The van der Waals surface area contributed by atoms with Gasteiger partial charge in [-0.2, -0.15) is 0 Å². The molecule has 7 nitrogen and oxygen atoms in total. The van der Waals surface area contributed by atoms with Gasteiger partial charge in [0.2, 0.25) is 5.88 Å². The molecule has 2 amide bonds. The summed E-state index contributed by atoms with van der Waals surface area (Å²) in [7, 11) is 0. The van der Waals surface area contributed by atoms with Gasteiger partial charge in [-0.25, -0.2) is 14.8 Å². The predicted molar refractivity (Wildman–Crippen MR) is 103 cm³/mol. The summed E-state index contributed by atoms with van der Waals surface area (Å²) < 4.78 is 7.96. The first-order chi connectivity index (χ1) is 13.1. The predicted octanol–water partition coefficient (Wildman–Crippen LogP) is 3.12. The second kappa shape index (κ2) is 9.39. The molecule has 0 saturated heterocycles. The second-order valence-corrected chi connectivity index (χ2v) is 7.49. The Bertz CT molecular complexity index is 711. The fourth-order valence-corrected chi connectivity index (χ4v) is 3.36. The first-order valence-electron chi connectivity index (χ1n) is 9.70. The van der Waals surface area contributed by atoms with Crippen molar-refractivity contribution in [2.24, 2.45) is 5.92 Å². The minimum Gasteiger partial charge on any atom is -0.474 e. The van der Waals surface area contributed by atoms with Crippen molar-refractivity contribution in [1.82, 2.24) is 25.2 Å². The number of carbonyl (C=O) groups excluding carboxylic acids is 1. The van der Waals surface area contributed by atoms with E-state index in [0.29, 0.717) is 19.0 Å². The van der Waals surface area contributed by atoms with E-state index in [4.69, 9.17) is 4.74 Å². The minimum absolute atomic E-state index is 0.00391. The second-order valence-electron chi connectivity index (χ2n) is 7.49. The topological polar surface area (TPSA) is 81.1 Å². The van der Waals surface area contributed by atoms with Gasteiger partial charge in [-0.05, 0) is 50.2 Å². The van der Waals surface area contributed by atoms with Crippen molar-refractivity contribution in [2.75, 3.05) is 0 Å². The molecule has 1 aliphatic carbocycles. The number of rotatable bonds is 7. The van der Waals surface area contributed by atoms with Crippen molar-refractivity contribution < 1.29 is 9.53 Å². The van der Waals surface area contributed by atoms with Gasteiger partial charge in [0.05, 0.1) is 6.33 Å². The number of carbonyl (C=O) groups is 1. The molecular formula is C20H29N5O2. The normalized spacial score (nSPS) is 20.7. The quantitative estimate of drug-likeness (QED) is 0.783. The van der Waals surface area contributed by atoms with Crippen LogP contribution in [0.25, 0.3) is 0 Å². The van der Waals surface area contributed by atoms with Gasteiger partial charge in [-0.3, -0.25) is 0 Å². The molecular weight excluding hydrogens is 342 g/mol. The van der Waals surface area contributed by atoms with Gasteiger partial charge in [0, 0.05) is 43.8 Å². The van der Waals surface area contributed by atoms with Crippen molar-refractivity contribution in [3.05, 3.63) is 42.6 Å². The van der Waals surface area contributed by atoms with E-state index in [2.05, 4.69) is 27.5 Å². The highest BCUT2D eigenvalue weighted by molar-refractivity contribution is 5.74. The van der Waals surface area contributed by atoms with Gasteiger partial charge in [-0.1, -0.05) is 6.92 Å². The lowest BCUT2D eigenvalue weighted by Crippen LogP contribution is -2.42. The van der Waals surface area contributed by atoms with Crippen LogP contribution in [-0.4, -0.2) is 32.7 Å². The van der Waals surface area contributed by atoms with E-state index in [-0.39, 0.29) is 18.2 Å². The molecule has 2 N–H and O–H groups in total. The van der Waals surface area contributed by atoms with Crippen molar-refractivity contribution in [1.29, 1.82) is 0 Å². The summed E-state index contributed by atoms with van der Waals surface area (Å²) in [5.74, 6) is 1.44. The minimum atomic E-state index is -0.192. The van der Waals surface area contributed by atoms with Crippen LogP contribution in [0.15, 0.2) is 37.1 Å². The van der Waals surface area contributed by atoms with Gasteiger partial charge in [0.1, 0.15) is 6.10 Å². The molecule has 3 rings (SSSR count). The Hall–Kier alpha value is -2.57. The molecule has 1 saturated carbocycles. The van der Waals surface area contributed by atoms with Crippen LogP contribution in [-0.2, 0) is 13.1 Å². The third kappa shape index (κ3) is 6.27. The van der Waals surface area contributed by atoms with E-state index in [1.165, 1.54) is 12.8 Å². The maximum Gasteiger partial charge on any atom is 0.315 e. The highest BCUT2D eigenvalue weighted by Gasteiger charge is 2.20. The standard InChI is InChI=1S/C20H29N5O2/c1-15-3-5-18(6-4-15)27-19-11-17(7-8-22-19)12-23-20(26)24-16(2)13-25-10-9-21-14-25/h7-11,14-16,18H,3-6,12-13H2,1-2H3,(H2,23,24,26)/t15?,16-,18?/m0/s1. The van der Waals surface area contributed by atoms with E-state index in [1.807, 2.05) is 29.8 Å². The van der Waals surface area contributed by atoms with Crippen molar-refractivity contribution in [3.63, 3.8) is 0 Å². The zero-order valence-electron chi connectivity index (χ0n) is 16.1. The Morgan fingerprint density at radius 1 is 1.33 bits per heavy atom. The first-order valence-corrected chi connectivity index (χ1v) is 9.70. The largest absolute Gasteiger partial charge is 0.474 e. The Morgan fingerprint density at radius 3 is 2.89 bits per heavy atom. The fourth-order valence-electron chi connectivity index (χ4n) is 3.36. The lowest BCUT2D eigenvalue weighted by atomic mass is 9.89. The number of nitrogens with one attached hydrogen (secondary N) is 2. The average Bonchev–Trinajstić information content (AvgIpc) is 3.15. The molecule has 0 unspecified atom stereocenters. The number of imidazole rings is 1. The van der Waals surface area contributed by atoms with Crippen LogP contribution in [0.2, 0.25) is 0 Å². The number of urea groups is 1. The number of ether oxygens (including phenoxy) is 1. The monoisotopic (exact) mass is 371 g/mol. The third-order valence-corrected chi connectivity index (χ3v) is 4.92. The molecule has 2 aromatic heterocycles. The molecule has 1 fully saturated rings. The highest BCUT2D eigenvalue weighted by Crippen LogP contribution is 2.26. The molecule has 0 radical (unpaired) electrons. The molecule has 7 heteroatoms. The van der Waals surface area contributed by atoms with Gasteiger partial charge in [-0.15, -0.1) is 0 Å². The number of pyridine rings is 1. The van der Waals surface area contributed by atoms with Gasteiger partial charge < -0.3 is 19.9 Å². The Labute approximate surface area is 160 Å². The molecule has 0 aromatic carbocycles. The molecule has 27 heavy (non-hydrogen) atoms. The highest BCUT2D eigenvalue weighted by atomic mass is 16.5. The molecule has 1 atom stereocenters. The molecule has 2 heterocycles. The van der Waals surface area contributed by atoms with Crippen molar-refractivity contribution >= 4 is 6.03 Å². The summed E-state index contributed by atoms with van der Waals surface area (Å²) in [6.45, 7) is 5.37. The molecule has 146 valence electrons. The molecule has 0 aliphatic heterocycles. The zero-order valence-corrected chi connectivity index (χ0v) is 16.1. The van der Waals surface area contributed by atoms with E-state index in [0.717, 1.165) is 24.3 Å². The van der Waals surface area contributed by atoms with E-state index < -0.39 is 0 Å². The lowest BCUT2D eigenvalue weighted by molar-refractivity contribution is 0.130. The molecule has 2 aromatic rings. The summed E-state index contributed by atoms with van der Waals surface area (Å²) in [5, 5.41) is 5.82.